The van der Waals surface area contributed by atoms with Crippen LogP contribution in [0.3, 0.4) is 0 Å². The van der Waals surface area contributed by atoms with Crippen LogP contribution in [0.4, 0.5) is 30.4 Å². The lowest BCUT2D eigenvalue weighted by atomic mass is 9.91. The molecule has 1 amide bonds. The molecule has 1 aliphatic rings. The monoisotopic (exact) mass is 514 g/mol. The summed E-state index contributed by atoms with van der Waals surface area (Å²) >= 11 is 0. The average Bonchev–Trinajstić information content (AvgIpc) is 2.84. The molecular formula is C26H29F3N6O2. The van der Waals surface area contributed by atoms with Gasteiger partial charge >= 0.3 is 6.18 Å². The summed E-state index contributed by atoms with van der Waals surface area (Å²) in [5.41, 5.74) is 14.2. The van der Waals surface area contributed by atoms with Gasteiger partial charge in [0.05, 0.1) is 17.6 Å². The van der Waals surface area contributed by atoms with Crippen molar-refractivity contribution in [1.82, 2.24) is 9.97 Å². The first-order valence-electron chi connectivity index (χ1n) is 11.9. The Morgan fingerprint density at radius 2 is 1.92 bits per heavy atom. The van der Waals surface area contributed by atoms with E-state index in [1.807, 2.05) is 0 Å². The van der Waals surface area contributed by atoms with Gasteiger partial charge in [-0.05, 0) is 55.2 Å². The molecule has 2 heterocycles. The van der Waals surface area contributed by atoms with Crippen molar-refractivity contribution in [3.8, 4) is 11.1 Å². The summed E-state index contributed by atoms with van der Waals surface area (Å²) < 4.78 is 38.9. The molecule has 3 atom stereocenters. The summed E-state index contributed by atoms with van der Waals surface area (Å²) in [6.07, 6.45) is -1.76. The van der Waals surface area contributed by atoms with Crippen LogP contribution in [0.25, 0.3) is 11.1 Å². The lowest BCUT2D eigenvalue weighted by Crippen LogP contribution is -2.42. The molecule has 0 radical (unpaired) electrons. The third kappa shape index (κ3) is 6.17. The number of pyridine rings is 2. The highest BCUT2D eigenvalue weighted by Gasteiger charge is 2.39. The van der Waals surface area contributed by atoms with E-state index in [0.717, 1.165) is 25.7 Å². The van der Waals surface area contributed by atoms with Gasteiger partial charge in [-0.15, -0.1) is 0 Å². The average molecular weight is 515 g/mol. The molecule has 1 unspecified atom stereocenters. The van der Waals surface area contributed by atoms with Gasteiger partial charge in [0.2, 0.25) is 0 Å². The third-order valence-electron chi connectivity index (χ3n) is 6.46. The second kappa shape index (κ2) is 10.7. The number of nitrogens with two attached hydrogens (primary N) is 2. The standard InChI is InChI=1S/C26H29F3N6O2/c1-14-18(15-5-4-6-16(11-15)24(36)26(27,28)29)9-10-22(33-14)35-21-12-17(13-32-23(21)25(31)37)34-20-8-3-2-7-19(20)30/h4-6,9-13,19-20,24,34,36H,2-3,7-8,30H2,1H3,(H2,31,37)(H,33,35)/t19-,20+,24?/m0/s1. The largest absolute Gasteiger partial charge is 0.418 e. The number of benzene rings is 1. The minimum absolute atomic E-state index is 0.0218. The predicted molar refractivity (Wildman–Crippen MR) is 135 cm³/mol. The van der Waals surface area contributed by atoms with E-state index in [1.54, 1.807) is 31.2 Å². The van der Waals surface area contributed by atoms with Crippen molar-refractivity contribution in [3.05, 3.63) is 65.6 Å². The lowest BCUT2D eigenvalue weighted by molar-refractivity contribution is -0.206. The first-order valence-corrected chi connectivity index (χ1v) is 11.9. The predicted octanol–water partition coefficient (Wildman–Crippen LogP) is 4.57. The zero-order valence-corrected chi connectivity index (χ0v) is 20.2. The molecule has 1 aromatic carbocycles. The van der Waals surface area contributed by atoms with Gasteiger partial charge in [0.25, 0.3) is 5.91 Å². The van der Waals surface area contributed by atoms with Crippen molar-refractivity contribution in [2.45, 2.75) is 57.0 Å². The number of nitrogens with zero attached hydrogens (tertiary/aromatic N) is 2. The van der Waals surface area contributed by atoms with Crippen molar-refractivity contribution < 1.29 is 23.1 Å². The van der Waals surface area contributed by atoms with Gasteiger partial charge in [-0.1, -0.05) is 31.0 Å². The minimum atomic E-state index is -4.77. The second-order valence-corrected chi connectivity index (χ2v) is 9.21. The Kier molecular flexibility index (Phi) is 7.65. The molecule has 1 aliphatic carbocycles. The van der Waals surface area contributed by atoms with Crippen molar-refractivity contribution >= 4 is 23.1 Å². The number of hydrogen-bond donors (Lipinski definition) is 5. The van der Waals surface area contributed by atoms with Crippen LogP contribution in [0.1, 0.15) is 53.5 Å². The molecule has 0 bridgehead atoms. The third-order valence-corrected chi connectivity index (χ3v) is 6.46. The van der Waals surface area contributed by atoms with Gasteiger partial charge in [0, 0.05) is 23.3 Å². The van der Waals surface area contributed by atoms with Crippen molar-refractivity contribution in [1.29, 1.82) is 0 Å². The van der Waals surface area contributed by atoms with Crippen molar-refractivity contribution in [2.24, 2.45) is 11.5 Å². The molecule has 0 saturated heterocycles. The Bertz CT molecular complexity index is 1280. The molecule has 8 nitrogen and oxygen atoms in total. The maximum absolute atomic E-state index is 13.0. The number of carbonyl (C=O) groups excluding carboxylic acids is 1. The second-order valence-electron chi connectivity index (χ2n) is 9.21. The topological polar surface area (TPSA) is 139 Å². The number of primary amides is 1. The van der Waals surface area contributed by atoms with Crippen LogP contribution in [-0.2, 0) is 0 Å². The molecule has 196 valence electrons. The Morgan fingerprint density at radius 1 is 1.16 bits per heavy atom. The Morgan fingerprint density at radius 3 is 2.59 bits per heavy atom. The number of nitrogens with one attached hydrogen (secondary N) is 2. The summed E-state index contributed by atoms with van der Waals surface area (Å²) in [6.45, 7) is 1.71. The SMILES string of the molecule is Cc1nc(Nc2cc(N[C@@H]3CCCC[C@@H]3N)cnc2C(N)=O)ccc1-c1cccc(C(O)C(F)(F)F)c1. The number of aryl methyl sites for hydroxylation is 1. The number of alkyl halides is 3. The first kappa shape index (κ1) is 26.4. The van der Waals surface area contributed by atoms with Crippen LogP contribution in [0.2, 0.25) is 0 Å². The van der Waals surface area contributed by atoms with E-state index in [2.05, 4.69) is 20.6 Å². The fraction of sp³-hybridized carbons (Fsp3) is 0.346. The molecule has 0 aliphatic heterocycles. The molecule has 3 aromatic rings. The molecule has 1 saturated carbocycles. The summed E-state index contributed by atoms with van der Waals surface area (Å²) in [5.74, 6) is -0.319. The molecule has 2 aromatic heterocycles. The van der Waals surface area contributed by atoms with E-state index in [0.29, 0.717) is 34.0 Å². The number of aliphatic hydroxyl groups is 1. The van der Waals surface area contributed by atoms with E-state index in [9.17, 15) is 23.1 Å². The van der Waals surface area contributed by atoms with Gasteiger partial charge in [0.15, 0.2) is 11.8 Å². The Balaban J connectivity index is 1.58. The highest BCUT2D eigenvalue weighted by atomic mass is 19.4. The van der Waals surface area contributed by atoms with Crippen molar-refractivity contribution in [3.63, 3.8) is 0 Å². The molecule has 7 N–H and O–H groups in total. The number of aromatic nitrogens is 2. The van der Waals surface area contributed by atoms with E-state index in [4.69, 9.17) is 11.5 Å². The molecule has 11 heteroatoms. The van der Waals surface area contributed by atoms with Gasteiger partial charge in [-0.25, -0.2) is 9.97 Å². The van der Waals surface area contributed by atoms with Crippen LogP contribution in [0.15, 0.2) is 48.7 Å². The molecular weight excluding hydrogens is 485 g/mol. The Hall–Kier alpha value is -3.70. The van der Waals surface area contributed by atoms with Crippen molar-refractivity contribution in [2.75, 3.05) is 10.6 Å². The van der Waals surface area contributed by atoms with Gasteiger partial charge in [0.1, 0.15) is 5.82 Å². The normalized spacial score (nSPS) is 18.8. The molecule has 1 fully saturated rings. The molecule has 4 rings (SSSR count). The molecule has 0 spiro atoms. The van der Waals surface area contributed by atoms with Crippen LogP contribution in [0.5, 0.6) is 0 Å². The van der Waals surface area contributed by atoms with E-state index >= 15 is 0 Å². The summed E-state index contributed by atoms with van der Waals surface area (Å²) in [4.78, 5) is 20.7. The summed E-state index contributed by atoms with van der Waals surface area (Å²) in [5, 5.41) is 16.1. The quantitative estimate of drug-likeness (QED) is 0.311. The van der Waals surface area contributed by atoms with E-state index in [-0.39, 0.29) is 23.3 Å². The lowest BCUT2D eigenvalue weighted by Gasteiger charge is -2.30. The maximum atomic E-state index is 13.0. The highest BCUT2D eigenvalue weighted by Crippen LogP contribution is 2.35. The maximum Gasteiger partial charge on any atom is 0.418 e. The zero-order chi connectivity index (χ0) is 26.7. The number of carbonyl (C=O) groups is 1. The number of rotatable bonds is 7. The van der Waals surface area contributed by atoms with E-state index in [1.165, 1.54) is 24.4 Å². The van der Waals surface area contributed by atoms with Crippen LogP contribution in [-0.4, -0.2) is 39.2 Å². The number of halogens is 3. The van der Waals surface area contributed by atoms with Crippen LogP contribution in [0, 0.1) is 6.92 Å². The number of amides is 1. The minimum Gasteiger partial charge on any atom is -0.379 e. The zero-order valence-electron chi connectivity index (χ0n) is 20.2. The van der Waals surface area contributed by atoms with Crippen LogP contribution < -0.4 is 22.1 Å². The van der Waals surface area contributed by atoms with E-state index < -0.39 is 18.2 Å². The Labute approximate surface area is 212 Å². The van der Waals surface area contributed by atoms with Gasteiger partial charge < -0.3 is 27.2 Å². The number of hydrogen-bond acceptors (Lipinski definition) is 7. The fourth-order valence-corrected chi connectivity index (χ4v) is 4.53. The molecule has 37 heavy (non-hydrogen) atoms. The summed E-state index contributed by atoms with van der Waals surface area (Å²) in [6, 6.07) is 10.8. The fourth-order valence-electron chi connectivity index (χ4n) is 4.53. The summed E-state index contributed by atoms with van der Waals surface area (Å²) in [7, 11) is 0. The van der Waals surface area contributed by atoms with Gasteiger partial charge in [-0.3, -0.25) is 4.79 Å². The number of anilines is 3. The highest BCUT2D eigenvalue weighted by molar-refractivity contribution is 5.97. The smallest absolute Gasteiger partial charge is 0.379 e. The van der Waals surface area contributed by atoms with Crippen LogP contribution >= 0.6 is 0 Å². The number of aliphatic hydroxyl groups excluding tert-OH is 1. The first-order chi connectivity index (χ1) is 17.5. The van der Waals surface area contributed by atoms with Gasteiger partial charge in [-0.2, -0.15) is 13.2 Å².